The number of rotatable bonds is 5. The van der Waals surface area contributed by atoms with Crippen molar-refractivity contribution in [2.24, 2.45) is 11.7 Å². The lowest BCUT2D eigenvalue weighted by atomic mass is 9.95. The topological polar surface area (TPSA) is 102 Å². The van der Waals surface area contributed by atoms with Gasteiger partial charge in [0.05, 0.1) is 6.10 Å². The Labute approximate surface area is 114 Å². The zero-order valence-electron chi connectivity index (χ0n) is 11.5. The number of carbonyl (C=O) groups excluding carboxylic acids is 1. The molecule has 1 heterocycles. The summed E-state index contributed by atoms with van der Waals surface area (Å²) >= 11 is 0. The molecule has 0 radical (unpaired) electrons. The lowest BCUT2D eigenvalue weighted by Crippen LogP contribution is -2.47. The fraction of sp³-hybridized carbons (Fsp3) is 0.909. The van der Waals surface area contributed by atoms with Gasteiger partial charge in [0.1, 0.15) is 0 Å². The predicted octanol–water partition coefficient (Wildman–Crippen LogP) is 0.427. The van der Waals surface area contributed by atoms with Crippen molar-refractivity contribution in [2.45, 2.75) is 39.2 Å². The number of hydrogen-bond donors (Lipinski definition) is 2. The second-order valence-electron chi connectivity index (χ2n) is 4.98. The van der Waals surface area contributed by atoms with Crippen molar-refractivity contribution in [3.8, 4) is 0 Å². The fourth-order valence-corrected chi connectivity index (χ4v) is 3.16. The van der Waals surface area contributed by atoms with Crippen molar-refractivity contribution in [3.05, 3.63) is 0 Å². The molecule has 0 aromatic rings. The molecule has 7 nitrogen and oxygen atoms in total. The molecule has 0 aromatic carbocycles. The average Bonchev–Trinajstić information content (AvgIpc) is 2.28. The molecule has 1 saturated heterocycles. The molecular weight excluding hydrogens is 270 g/mol. The first-order valence-electron chi connectivity index (χ1n) is 6.53. The smallest absolute Gasteiger partial charge is 0.422 e. The van der Waals surface area contributed by atoms with E-state index < -0.39 is 16.3 Å². The van der Waals surface area contributed by atoms with Gasteiger partial charge in [0, 0.05) is 13.1 Å². The van der Waals surface area contributed by atoms with Crippen molar-refractivity contribution in [1.29, 1.82) is 0 Å². The summed E-state index contributed by atoms with van der Waals surface area (Å²) in [6, 6.07) is 0. The van der Waals surface area contributed by atoms with E-state index in [1.165, 1.54) is 4.31 Å². The van der Waals surface area contributed by atoms with Crippen LogP contribution in [0.1, 0.15) is 33.1 Å². The summed E-state index contributed by atoms with van der Waals surface area (Å²) in [4.78, 5) is 11.3. The Morgan fingerprint density at radius 1 is 1.42 bits per heavy atom. The largest absolute Gasteiger partial charge is 0.446 e. The molecule has 0 spiro atoms. The van der Waals surface area contributed by atoms with E-state index in [2.05, 4.69) is 0 Å². The molecule has 1 aliphatic rings. The maximum Gasteiger partial charge on any atom is 0.422 e. The van der Waals surface area contributed by atoms with Crippen molar-refractivity contribution < 1.29 is 17.9 Å². The van der Waals surface area contributed by atoms with Gasteiger partial charge < -0.3 is 10.5 Å². The fourth-order valence-electron chi connectivity index (χ4n) is 2.08. The van der Waals surface area contributed by atoms with E-state index in [9.17, 15) is 13.2 Å². The van der Waals surface area contributed by atoms with Crippen molar-refractivity contribution in [3.63, 3.8) is 0 Å². The number of hydrogen-bond acceptors (Lipinski definition) is 5. The molecule has 3 N–H and O–H groups in total. The summed E-state index contributed by atoms with van der Waals surface area (Å²) in [6.45, 7) is 4.76. The maximum atomic E-state index is 11.9. The van der Waals surface area contributed by atoms with Crippen LogP contribution in [0.3, 0.4) is 0 Å². The second kappa shape index (κ2) is 7.06. The van der Waals surface area contributed by atoms with Crippen LogP contribution >= 0.6 is 0 Å². The number of piperidine rings is 1. The SMILES string of the molecule is CC(C)OC(=O)NS(=O)(=O)N1CCC(CCN)CC1. The van der Waals surface area contributed by atoms with Crippen LogP contribution in [0.2, 0.25) is 0 Å². The molecular formula is C11H23N3O4S. The van der Waals surface area contributed by atoms with Gasteiger partial charge in [-0.05, 0) is 45.6 Å². The third-order valence-electron chi connectivity index (χ3n) is 3.04. The van der Waals surface area contributed by atoms with Gasteiger partial charge in [-0.15, -0.1) is 0 Å². The maximum absolute atomic E-state index is 11.9. The molecule has 8 heteroatoms. The predicted molar refractivity (Wildman–Crippen MR) is 71.6 cm³/mol. The lowest BCUT2D eigenvalue weighted by molar-refractivity contribution is 0.120. The quantitative estimate of drug-likeness (QED) is 0.765. The van der Waals surface area contributed by atoms with E-state index >= 15 is 0 Å². The van der Waals surface area contributed by atoms with Crippen molar-refractivity contribution >= 4 is 16.3 Å². The zero-order chi connectivity index (χ0) is 14.5. The minimum Gasteiger partial charge on any atom is -0.446 e. The first-order valence-corrected chi connectivity index (χ1v) is 7.97. The normalized spacial score (nSPS) is 18.5. The Balaban J connectivity index is 2.48. The van der Waals surface area contributed by atoms with Gasteiger partial charge in [0.15, 0.2) is 0 Å². The summed E-state index contributed by atoms with van der Waals surface area (Å²) in [5.74, 6) is 0.471. The third-order valence-corrected chi connectivity index (χ3v) is 4.51. The average molecular weight is 293 g/mol. The molecule has 0 aliphatic carbocycles. The molecule has 112 valence electrons. The highest BCUT2D eigenvalue weighted by Crippen LogP contribution is 2.21. The van der Waals surface area contributed by atoms with E-state index in [0.717, 1.165) is 19.3 Å². The molecule has 0 aromatic heterocycles. The first-order chi connectivity index (χ1) is 8.85. The third kappa shape index (κ3) is 5.33. The van der Waals surface area contributed by atoms with E-state index in [1.807, 2.05) is 4.72 Å². The molecule has 1 fully saturated rings. The molecule has 1 amide bonds. The van der Waals surface area contributed by atoms with Crippen LogP contribution in [-0.2, 0) is 14.9 Å². The monoisotopic (exact) mass is 293 g/mol. The van der Waals surface area contributed by atoms with Gasteiger partial charge in [-0.1, -0.05) is 0 Å². The Morgan fingerprint density at radius 2 is 2.00 bits per heavy atom. The van der Waals surface area contributed by atoms with Crippen LogP contribution in [0, 0.1) is 5.92 Å². The van der Waals surface area contributed by atoms with Crippen LogP contribution in [-0.4, -0.2) is 44.6 Å². The van der Waals surface area contributed by atoms with Crippen LogP contribution in [0.15, 0.2) is 0 Å². The van der Waals surface area contributed by atoms with Gasteiger partial charge >= 0.3 is 16.3 Å². The lowest BCUT2D eigenvalue weighted by Gasteiger charge is -2.30. The molecule has 19 heavy (non-hydrogen) atoms. The van der Waals surface area contributed by atoms with Crippen LogP contribution in [0.4, 0.5) is 4.79 Å². The number of nitrogens with one attached hydrogen (secondary N) is 1. The molecule has 0 atom stereocenters. The van der Waals surface area contributed by atoms with Crippen LogP contribution in [0.25, 0.3) is 0 Å². The summed E-state index contributed by atoms with van der Waals surface area (Å²) in [7, 11) is -3.79. The number of nitrogens with zero attached hydrogens (tertiary/aromatic N) is 1. The van der Waals surface area contributed by atoms with Crippen molar-refractivity contribution in [1.82, 2.24) is 9.03 Å². The Hall–Kier alpha value is -0.860. The molecule has 1 rings (SSSR count). The molecule has 0 bridgehead atoms. The minimum atomic E-state index is -3.79. The first kappa shape index (κ1) is 16.2. The minimum absolute atomic E-state index is 0.356. The van der Waals surface area contributed by atoms with E-state index in [4.69, 9.17) is 10.5 Å². The number of amides is 1. The Kier molecular flexibility index (Phi) is 6.02. The number of carbonyl (C=O) groups is 1. The Bertz CT molecular complexity index is 389. The summed E-state index contributed by atoms with van der Waals surface area (Å²) in [5.41, 5.74) is 5.49. The summed E-state index contributed by atoms with van der Waals surface area (Å²) in [6.07, 6.45) is 1.18. The van der Waals surface area contributed by atoms with Gasteiger partial charge in [-0.25, -0.2) is 9.52 Å². The van der Waals surface area contributed by atoms with E-state index in [0.29, 0.717) is 25.6 Å². The van der Waals surface area contributed by atoms with Crippen molar-refractivity contribution in [2.75, 3.05) is 19.6 Å². The van der Waals surface area contributed by atoms with Crippen LogP contribution in [0.5, 0.6) is 0 Å². The molecule has 0 saturated carbocycles. The second-order valence-corrected chi connectivity index (χ2v) is 6.65. The zero-order valence-corrected chi connectivity index (χ0v) is 12.3. The highest BCUT2D eigenvalue weighted by molar-refractivity contribution is 7.87. The van der Waals surface area contributed by atoms with Crippen LogP contribution < -0.4 is 10.5 Å². The van der Waals surface area contributed by atoms with Gasteiger partial charge in [-0.3, -0.25) is 0 Å². The molecule has 0 unspecified atom stereocenters. The molecule has 1 aliphatic heterocycles. The summed E-state index contributed by atoms with van der Waals surface area (Å²) < 4.78 is 31.8. The number of ether oxygens (including phenoxy) is 1. The van der Waals surface area contributed by atoms with E-state index in [-0.39, 0.29) is 6.10 Å². The van der Waals surface area contributed by atoms with E-state index in [1.54, 1.807) is 13.8 Å². The standard InChI is InChI=1S/C11H23N3O4S/c1-9(2)18-11(15)13-19(16,17)14-7-4-10(3-6-12)5-8-14/h9-10H,3-8,12H2,1-2H3,(H,13,15). The summed E-state index contributed by atoms with van der Waals surface area (Å²) in [5, 5.41) is 0. The number of nitrogens with two attached hydrogens (primary N) is 1. The van der Waals surface area contributed by atoms with Gasteiger partial charge in [-0.2, -0.15) is 12.7 Å². The Morgan fingerprint density at radius 3 is 2.47 bits per heavy atom. The van der Waals surface area contributed by atoms with Gasteiger partial charge in [0.2, 0.25) is 0 Å². The highest BCUT2D eigenvalue weighted by atomic mass is 32.2. The van der Waals surface area contributed by atoms with Gasteiger partial charge in [0.25, 0.3) is 0 Å². The highest BCUT2D eigenvalue weighted by Gasteiger charge is 2.29.